The summed E-state index contributed by atoms with van der Waals surface area (Å²) >= 11 is 0. The zero-order chi connectivity index (χ0) is 17.9. The van der Waals surface area contributed by atoms with Crippen molar-refractivity contribution in [2.45, 2.75) is 39.2 Å². The highest BCUT2D eigenvalue weighted by Gasteiger charge is 2.82. The molecule has 2 spiro atoms. The molecule has 0 aromatic heterocycles. The molecule has 0 aromatic rings. The molecule has 5 rings (SSSR count). The number of ether oxygens (including phenoxy) is 1. The molecule has 5 nitrogen and oxygen atoms in total. The molecule has 0 radical (unpaired) electrons. The van der Waals surface area contributed by atoms with E-state index < -0.39 is 16.9 Å². The first-order valence-corrected chi connectivity index (χ1v) is 9.43. The van der Waals surface area contributed by atoms with Gasteiger partial charge < -0.3 is 14.9 Å². The van der Waals surface area contributed by atoms with E-state index in [0.29, 0.717) is 12.0 Å². The molecule has 5 aliphatic rings. The van der Waals surface area contributed by atoms with Crippen LogP contribution in [0.4, 0.5) is 0 Å². The SMILES string of the molecule is C=C1C2CCC3C(C2)(C(=O)OCC32C(=O)C3C(C2CO)C3(C)C)C1O. The summed E-state index contributed by atoms with van der Waals surface area (Å²) in [5.41, 5.74) is -1.24. The minimum absolute atomic E-state index is 0.0574. The zero-order valence-corrected chi connectivity index (χ0v) is 14.8. The van der Waals surface area contributed by atoms with Crippen LogP contribution < -0.4 is 0 Å². The number of cyclic esters (lactones) is 1. The number of hydrogen-bond donors (Lipinski definition) is 2. The van der Waals surface area contributed by atoms with Gasteiger partial charge in [0.25, 0.3) is 0 Å². The average molecular weight is 346 g/mol. The van der Waals surface area contributed by atoms with Crippen molar-refractivity contribution < 1.29 is 24.5 Å². The smallest absolute Gasteiger partial charge is 0.315 e. The van der Waals surface area contributed by atoms with Crippen molar-refractivity contribution in [2.24, 2.45) is 45.8 Å². The van der Waals surface area contributed by atoms with Gasteiger partial charge in [-0.05, 0) is 48.0 Å². The molecule has 1 heterocycles. The highest BCUT2D eigenvalue weighted by atomic mass is 16.5. The molecule has 4 aliphatic carbocycles. The molecule has 5 fully saturated rings. The van der Waals surface area contributed by atoms with Crippen molar-refractivity contribution in [3.8, 4) is 0 Å². The summed E-state index contributed by atoms with van der Waals surface area (Å²) in [5, 5.41) is 21.1. The number of fused-ring (bicyclic) bond motifs is 3. The highest BCUT2D eigenvalue weighted by molar-refractivity contribution is 5.97. The van der Waals surface area contributed by atoms with E-state index in [1.165, 1.54) is 0 Å². The minimum Gasteiger partial charge on any atom is -0.464 e. The number of aliphatic hydroxyl groups is 2. The van der Waals surface area contributed by atoms with Crippen LogP contribution in [0, 0.1) is 45.8 Å². The van der Waals surface area contributed by atoms with Gasteiger partial charge in [-0.15, -0.1) is 0 Å². The summed E-state index contributed by atoms with van der Waals surface area (Å²) < 4.78 is 5.59. The van der Waals surface area contributed by atoms with Crippen LogP contribution in [0.25, 0.3) is 0 Å². The normalized spacial score (nSPS) is 55.1. The molecular weight excluding hydrogens is 320 g/mol. The maximum atomic E-state index is 13.5. The molecule has 4 saturated carbocycles. The largest absolute Gasteiger partial charge is 0.464 e. The van der Waals surface area contributed by atoms with E-state index in [2.05, 4.69) is 20.4 Å². The highest BCUT2D eigenvalue weighted by Crippen LogP contribution is 2.77. The second-order valence-electron chi connectivity index (χ2n) is 9.64. The first-order valence-electron chi connectivity index (χ1n) is 9.43. The van der Waals surface area contributed by atoms with Gasteiger partial charge in [-0.25, -0.2) is 0 Å². The third-order valence-corrected chi connectivity index (χ3v) is 8.76. The maximum absolute atomic E-state index is 13.5. The number of rotatable bonds is 1. The van der Waals surface area contributed by atoms with Crippen LogP contribution in [0.5, 0.6) is 0 Å². The number of carbonyl (C=O) groups excluding carboxylic acids is 2. The van der Waals surface area contributed by atoms with Gasteiger partial charge in [0, 0.05) is 18.4 Å². The summed E-state index contributed by atoms with van der Waals surface area (Å²) in [6.45, 7) is 8.20. The molecule has 5 heteroatoms. The Bertz CT molecular complexity index is 711. The lowest BCUT2D eigenvalue weighted by Crippen LogP contribution is -2.64. The molecular formula is C20H26O5. The van der Waals surface area contributed by atoms with E-state index in [1.807, 2.05) is 0 Å². The molecule has 2 bridgehead atoms. The van der Waals surface area contributed by atoms with E-state index in [9.17, 15) is 19.8 Å². The predicted octanol–water partition coefficient (Wildman–Crippen LogP) is 1.33. The van der Waals surface area contributed by atoms with E-state index in [1.54, 1.807) is 0 Å². The van der Waals surface area contributed by atoms with Crippen molar-refractivity contribution >= 4 is 11.8 Å². The van der Waals surface area contributed by atoms with Crippen molar-refractivity contribution in [1.82, 2.24) is 0 Å². The minimum atomic E-state index is -1.04. The standard InChI is InChI=1S/C20H26O5/c1-9-10-4-5-12-19(6-10,15(9)22)17(24)25-8-20(12)11(7-21)13-14(16(20)23)18(13,2)3/h10-15,21-22H,1,4-8H2,2-3H3. The van der Waals surface area contributed by atoms with Crippen LogP contribution in [0.3, 0.4) is 0 Å². The first kappa shape index (κ1) is 16.0. The fourth-order valence-corrected chi connectivity index (χ4v) is 7.53. The molecule has 25 heavy (non-hydrogen) atoms. The van der Waals surface area contributed by atoms with Crippen molar-refractivity contribution in [2.75, 3.05) is 13.2 Å². The lowest BCUT2D eigenvalue weighted by Gasteiger charge is -2.55. The molecule has 1 saturated heterocycles. The number of hydrogen-bond acceptors (Lipinski definition) is 5. The fourth-order valence-electron chi connectivity index (χ4n) is 7.53. The fraction of sp³-hybridized carbons (Fsp3) is 0.800. The van der Waals surface area contributed by atoms with Gasteiger partial charge in [0.2, 0.25) is 0 Å². The van der Waals surface area contributed by atoms with Crippen LogP contribution in [0.2, 0.25) is 0 Å². The number of ketones is 1. The van der Waals surface area contributed by atoms with E-state index in [4.69, 9.17) is 4.74 Å². The van der Waals surface area contributed by atoms with Gasteiger partial charge in [0.15, 0.2) is 0 Å². The van der Waals surface area contributed by atoms with Gasteiger partial charge in [0.1, 0.15) is 17.8 Å². The number of Topliss-reactive ketones (excluding diaryl/α,β-unsaturated/α-hetero) is 1. The van der Waals surface area contributed by atoms with Crippen molar-refractivity contribution in [3.63, 3.8) is 0 Å². The Morgan fingerprint density at radius 2 is 1.96 bits per heavy atom. The summed E-state index contributed by atoms with van der Waals surface area (Å²) in [7, 11) is 0. The topological polar surface area (TPSA) is 83.8 Å². The van der Waals surface area contributed by atoms with Crippen molar-refractivity contribution in [3.05, 3.63) is 12.2 Å². The van der Waals surface area contributed by atoms with Gasteiger partial charge in [0.05, 0.1) is 11.5 Å². The Hall–Kier alpha value is -1.20. The molecule has 8 unspecified atom stereocenters. The number of esters is 1. The predicted molar refractivity (Wildman–Crippen MR) is 88.1 cm³/mol. The lowest BCUT2D eigenvalue weighted by atomic mass is 9.50. The van der Waals surface area contributed by atoms with Gasteiger partial charge in [-0.1, -0.05) is 20.4 Å². The second-order valence-corrected chi connectivity index (χ2v) is 9.64. The summed E-state index contributed by atoms with van der Waals surface area (Å²) in [4.78, 5) is 26.4. The molecule has 136 valence electrons. The Balaban J connectivity index is 1.66. The van der Waals surface area contributed by atoms with Crippen LogP contribution in [-0.2, 0) is 14.3 Å². The molecule has 0 aromatic carbocycles. The van der Waals surface area contributed by atoms with Gasteiger partial charge in [-0.2, -0.15) is 0 Å². The third-order valence-electron chi connectivity index (χ3n) is 8.76. The number of aliphatic hydroxyl groups excluding tert-OH is 2. The van der Waals surface area contributed by atoms with Crippen LogP contribution >= 0.6 is 0 Å². The van der Waals surface area contributed by atoms with E-state index >= 15 is 0 Å². The Morgan fingerprint density at radius 1 is 1.24 bits per heavy atom. The first-order chi connectivity index (χ1) is 11.7. The quantitative estimate of drug-likeness (QED) is 0.553. The average Bonchev–Trinajstić information content (AvgIpc) is 2.96. The van der Waals surface area contributed by atoms with Crippen LogP contribution in [-0.4, -0.2) is 41.3 Å². The number of carbonyl (C=O) groups is 2. The van der Waals surface area contributed by atoms with E-state index in [0.717, 1.165) is 12.8 Å². The molecule has 1 aliphatic heterocycles. The maximum Gasteiger partial charge on any atom is 0.315 e. The molecule has 0 amide bonds. The second kappa shape index (κ2) is 4.37. The Kier molecular flexibility index (Phi) is 2.80. The zero-order valence-electron chi connectivity index (χ0n) is 14.8. The van der Waals surface area contributed by atoms with Gasteiger partial charge in [-0.3, -0.25) is 9.59 Å². The van der Waals surface area contributed by atoms with Gasteiger partial charge >= 0.3 is 5.97 Å². The Morgan fingerprint density at radius 3 is 2.64 bits per heavy atom. The summed E-state index contributed by atoms with van der Waals surface area (Å²) in [5.74, 6) is -0.433. The lowest BCUT2D eigenvalue weighted by molar-refractivity contribution is -0.210. The third kappa shape index (κ3) is 1.44. The van der Waals surface area contributed by atoms with Crippen molar-refractivity contribution in [1.29, 1.82) is 0 Å². The molecule has 2 N–H and O–H groups in total. The summed E-state index contributed by atoms with van der Waals surface area (Å²) in [6.07, 6.45) is 1.16. The Labute approximate surface area is 147 Å². The van der Waals surface area contributed by atoms with Crippen LogP contribution in [0.15, 0.2) is 12.2 Å². The summed E-state index contributed by atoms with van der Waals surface area (Å²) in [6, 6.07) is 0. The van der Waals surface area contributed by atoms with E-state index in [-0.39, 0.29) is 60.0 Å². The van der Waals surface area contributed by atoms with Crippen LogP contribution in [0.1, 0.15) is 33.1 Å². The molecule has 8 atom stereocenters. The monoisotopic (exact) mass is 346 g/mol.